The van der Waals surface area contributed by atoms with Crippen LogP contribution >= 0.6 is 0 Å². The van der Waals surface area contributed by atoms with Gasteiger partial charge < -0.3 is 19.3 Å². The fourth-order valence-electron chi connectivity index (χ4n) is 2.40. The van der Waals surface area contributed by atoms with Crippen LogP contribution in [0.25, 0.3) is 0 Å². The van der Waals surface area contributed by atoms with Crippen LogP contribution in [0.5, 0.6) is 11.5 Å². The molecule has 1 aliphatic carbocycles. The number of benzene rings is 1. The number of hydrogen-bond acceptors (Lipinski definition) is 4. The lowest BCUT2D eigenvalue weighted by Crippen LogP contribution is -2.20. The molecule has 0 bridgehead atoms. The highest BCUT2D eigenvalue weighted by atomic mass is 16.5. The molecular formula is C14H18O5. The zero-order valence-electron chi connectivity index (χ0n) is 11.4. The summed E-state index contributed by atoms with van der Waals surface area (Å²) in [6, 6.07) is 3.64. The minimum atomic E-state index is -0.815. The van der Waals surface area contributed by atoms with E-state index in [1.165, 1.54) is 7.11 Å². The second kappa shape index (κ2) is 5.09. The van der Waals surface area contributed by atoms with Crippen LogP contribution in [-0.2, 0) is 21.6 Å². The number of hydrogen-bond donors (Lipinski definition) is 1. The van der Waals surface area contributed by atoms with Gasteiger partial charge in [0.15, 0.2) is 11.5 Å². The monoisotopic (exact) mass is 266 g/mol. The standard InChI is InChI=1S/C14H18O5/c1-17-8-9-4-5-10(12(19-3)11(9)18-2)14(6-7-14)13(15)16/h4-5H,6-8H2,1-3H3,(H,15,16). The Morgan fingerprint density at radius 3 is 2.26 bits per heavy atom. The van der Waals surface area contributed by atoms with Crippen molar-refractivity contribution in [1.29, 1.82) is 0 Å². The molecule has 104 valence electrons. The van der Waals surface area contributed by atoms with Gasteiger partial charge in [-0.25, -0.2) is 0 Å². The highest BCUT2D eigenvalue weighted by Crippen LogP contribution is 2.54. The van der Waals surface area contributed by atoms with Gasteiger partial charge in [0, 0.05) is 18.2 Å². The van der Waals surface area contributed by atoms with Crippen LogP contribution in [0.1, 0.15) is 24.0 Å². The molecule has 0 saturated heterocycles. The van der Waals surface area contributed by atoms with Gasteiger partial charge in [-0.2, -0.15) is 0 Å². The average molecular weight is 266 g/mol. The third-order valence-corrected chi connectivity index (χ3v) is 3.58. The Balaban J connectivity index is 2.54. The Morgan fingerprint density at radius 1 is 1.21 bits per heavy atom. The first kappa shape index (κ1) is 13.7. The SMILES string of the molecule is COCc1ccc(C2(C(=O)O)CC2)c(OC)c1OC. The molecule has 0 heterocycles. The van der Waals surface area contributed by atoms with E-state index < -0.39 is 11.4 Å². The molecule has 1 fully saturated rings. The van der Waals surface area contributed by atoms with Gasteiger partial charge in [-0.3, -0.25) is 4.79 Å². The quantitative estimate of drug-likeness (QED) is 0.852. The van der Waals surface area contributed by atoms with Crippen LogP contribution < -0.4 is 9.47 Å². The van der Waals surface area contributed by atoms with Gasteiger partial charge in [-0.15, -0.1) is 0 Å². The van der Waals surface area contributed by atoms with E-state index in [9.17, 15) is 9.90 Å². The van der Waals surface area contributed by atoms with E-state index in [0.717, 1.165) is 5.56 Å². The summed E-state index contributed by atoms with van der Waals surface area (Å²) in [6.45, 7) is 0.389. The first-order valence-corrected chi connectivity index (χ1v) is 6.07. The highest BCUT2D eigenvalue weighted by Gasteiger charge is 2.54. The number of methoxy groups -OCH3 is 3. The maximum Gasteiger partial charge on any atom is 0.314 e. The molecule has 1 aromatic carbocycles. The van der Waals surface area contributed by atoms with Crippen molar-refractivity contribution in [3.8, 4) is 11.5 Å². The fraction of sp³-hybridized carbons (Fsp3) is 0.500. The van der Waals surface area contributed by atoms with E-state index in [0.29, 0.717) is 36.5 Å². The van der Waals surface area contributed by atoms with Crippen molar-refractivity contribution in [1.82, 2.24) is 0 Å². The van der Waals surface area contributed by atoms with Crippen molar-refractivity contribution in [2.45, 2.75) is 24.9 Å². The predicted molar refractivity (Wildman–Crippen MR) is 68.8 cm³/mol. The third-order valence-electron chi connectivity index (χ3n) is 3.58. The number of rotatable bonds is 6. The van der Waals surface area contributed by atoms with E-state index in [2.05, 4.69) is 0 Å². The van der Waals surface area contributed by atoms with Crippen molar-refractivity contribution in [2.24, 2.45) is 0 Å². The van der Waals surface area contributed by atoms with Crippen molar-refractivity contribution >= 4 is 5.97 Å². The van der Waals surface area contributed by atoms with E-state index in [4.69, 9.17) is 14.2 Å². The summed E-state index contributed by atoms with van der Waals surface area (Å²) in [4.78, 5) is 11.4. The van der Waals surface area contributed by atoms with Gasteiger partial charge in [0.1, 0.15) is 0 Å². The van der Waals surface area contributed by atoms with Crippen molar-refractivity contribution in [2.75, 3.05) is 21.3 Å². The van der Waals surface area contributed by atoms with Crippen LogP contribution in [-0.4, -0.2) is 32.4 Å². The van der Waals surface area contributed by atoms with Gasteiger partial charge in [-0.1, -0.05) is 12.1 Å². The fourth-order valence-corrected chi connectivity index (χ4v) is 2.40. The molecule has 1 aromatic rings. The number of aliphatic carboxylic acids is 1. The summed E-state index contributed by atoms with van der Waals surface area (Å²) < 4.78 is 15.9. The minimum Gasteiger partial charge on any atom is -0.493 e. The third kappa shape index (κ3) is 2.14. The molecule has 1 N–H and O–H groups in total. The Bertz CT molecular complexity index is 491. The normalized spacial score (nSPS) is 15.9. The number of carboxylic acid groups (broad SMARTS) is 1. The van der Waals surface area contributed by atoms with Crippen LogP contribution in [0.2, 0.25) is 0 Å². The highest BCUT2D eigenvalue weighted by molar-refractivity contribution is 5.86. The van der Waals surface area contributed by atoms with Crippen molar-refractivity contribution in [3.63, 3.8) is 0 Å². The van der Waals surface area contributed by atoms with Gasteiger partial charge >= 0.3 is 5.97 Å². The van der Waals surface area contributed by atoms with Gasteiger partial charge in [0.25, 0.3) is 0 Å². The molecule has 0 atom stereocenters. The first-order chi connectivity index (χ1) is 9.10. The largest absolute Gasteiger partial charge is 0.493 e. The lowest BCUT2D eigenvalue weighted by molar-refractivity contribution is -0.140. The van der Waals surface area contributed by atoms with Crippen LogP contribution in [0, 0.1) is 0 Å². The van der Waals surface area contributed by atoms with Crippen LogP contribution in [0.3, 0.4) is 0 Å². The Labute approximate surface area is 112 Å². The maximum atomic E-state index is 11.4. The number of carboxylic acids is 1. The van der Waals surface area contributed by atoms with Crippen molar-refractivity contribution in [3.05, 3.63) is 23.3 Å². The predicted octanol–water partition coefficient (Wildman–Crippen LogP) is 1.97. The Kier molecular flexibility index (Phi) is 3.66. The maximum absolute atomic E-state index is 11.4. The van der Waals surface area contributed by atoms with Crippen LogP contribution in [0.4, 0.5) is 0 Å². The molecule has 0 aromatic heterocycles. The van der Waals surface area contributed by atoms with E-state index in [1.54, 1.807) is 20.3 Å². The number of carbonyl (C=O) groups is 1. The van der Waals surface area contributed by atoms with Crippen molar-refractivity contribution < 1.29 is 24.1 Å². The van der Waals surface area contributed by atoms with Gasteiger partial charge in [0.2, 0.25) is 0 Å². The Morgan fingerprint density at radius 2 is 1.84 bits per heavy atom. The first-order valence-electron chi connectivity index (χ1n) is 6.07. The van der Waals surface area contributed by atoms with Gasteiger partial charge in [0.05, 0.1) is 26.2 Å². The molecule has 2 rings (SSSR count). The second-order valence-electron chi connectivity index (χ2n) is 4.66. The molecular weight excluding hydrogens is 248 g/mol. The molecule has 0 aliphatic heterocycles. The molecule has 0 radical (unpaired) electrons. The topological polar surface area (TPSA) is 65.0 Å². The molecule has 1 saturated carbocycles. The van der Waals surface area contributed by atoms with E-state index in [-0.39, 0.29) is 0 Å². The zero-order chi connectivity index (χ0) is 14.0. The zero-order valence-corrected chi connectivity index (χ0v) is 11.4. The minimum absolute atomic E-state index is 0.389. The summed E-state index contributed by atoms with van der Waals surface area (Å²) in [5.41, 5.74) is 0.704. The lowest BCUT2D eigenvalue weighted by atomic mass is 9.93. The summed E-state index contributed by atoms with van der Waals surface area (Å²) in [7, 11) is 4.66. The Hall–Kier alpha value is -1.75. The second-order valence-corrected chi connectivity index (χ2v) is 4.66. The summed E-state index contributed by atoms with van der Waals surface area (Å²) in [5, 5.41) is 9.39. The molecule has 1 aliphatic rings. The lowest BCUT2D eigenvalue weighted by Gasteiger charge is -2.19. The average Bonchev–Trinajstić information content (AvgIpc) is 3.19. The van der Waals surface area contributed by atoms with Gasteiger partial charge in [-0.05, 0) is 12.8 Å². The molecule has 0 amide bonds. The molecule has 5 nitrogen and oxygen atoms in total. The molecule has 5 heteroatoms. The van der Waals surface area contributed by atoms with E-state index in [1.807, 2.05) is 6.07 Å². The molecule has 0 spiro atoms. The van der Waals surface area contributed by atoms with E-state index >= 15 is 0 Å². The molecule has 19 heavy (non-hydrogen) atoms. The number of ether oxygens (including phenoxy) is 3. The van der Waals surface area contributed by atoms with Crippen LogP contribution in [0.15, 0.2) is 12.1 Å². The molecule has 0 unspecified atom stereocenters. The summed E-state index contributed by atoms with van der Waals surface area (Å²) in [6.07, 6.45) is 1.26. The summed E-state index contributed by atoms with van der Waals surface area (Å²) >= 11 is 0. The smallest absolute Gasteiger partial charge is 0.314 e. The summed E-state index contributed by atoms with van der Waals surface area (Å²) in [5.74, 6) is 0.235.